The minimum atomic E-state index is -0.129. The van der Waals surface area contributed by atoms with Crippen molar-refractivity contribution in [2.24, 2.45) is 11.8 Å². The smallest absolute Gasteiger partial charge is 0.306 e. The maximum Gasteiger partial charge on any atom is 0.306 e. The molecular formula is C19H28O3S2. The lowest BCUT2D eigenvalue weighted by molar-refractivity contribution is -0.143. The van der Waals surface area contributed by atoms with E-state index in [1.54, 1.807) is 0 Å². The van der Waals surface area contributed by atoms with Crippen LogP contribution in [-0.4, -0.2) is 36.4 Å². The van der Waals surface area contributed by atoms with Crippen molar-refractivity contribution in [1.82, 2.24) is 0 Å². The topological polar surface area (TPSA) is 35.5 Å². The van der Waals surface area contributed by atoms with Gasteiger partial charge in [0.05, 0.1) is 6.42 Å². The van der Waals surface area contributed by atoms with Crippen LogP contribution < -0.4 is 4.74 Å². The Hall–Kier alpha value is -0.810. The van der Waals surface area contributed by atoms with E-state index < -0.39 is 0 Å². The molecule has 2 unspecified atom stereocenters. The highest BCUT2D eigenvalue weighted by Gasteiger charge is 2.20. The summed E-state index contributed by atoms with van der Waals surface area (Å²) >= 11 is 6.31. The number of ether oxygens (including phenoxy) is 2. The summed E-state index contributed by atoms with van der Waals surface area (Å²) in [7, 11) is 0. The van der Waals surface area contributed by atoms with E-state index in [9.17, 15) is 4.79 Å². The first-order valence-corrected chi connectivity index (χ1v) is 10.6. The molecule has 134 valence electrons. The molecule has 24 heavy (non-hydrogen) atoms. The lowest BCUT2D eigenvalue weighted by Gasteiger charge is -2.27. The van der Waals surface area contributed by atoms with Gasteiger partial charge in [0.2, 0.25) is 0 Å². The van der Waals surface area contributed by atoms with E-state index in [4.69, 9.17) is 9.47 Å². The number of benzene rings is 1. The average molecular weight is 369 g/mol. The van der Waals surface area contributed by atoms with Gasteiger partial charge in [-0.2, -0.15) is 24.4 Å². The molecule has 1 aromatic rings. The zero-order chi connectivity index (χ0) is 17.0. The van der Waals surface area contributed by atoms with E-state index in [2.05, 4.69) is 12.6 Å². The zero-order valence-electron chi connectivity index (χ0n) is 14.2. The summed E-state index contributed by atoms with van der Waals surface area (Å²) < 4.78 is 10.7. The van der Waals surface area contributed by atoms with Gasteiger partial charge in [0.1, 0.15) is 19.0 Å². The second-order valence-electron chi connectivity index (χ2n) is 6.29. The Morgan fingerprint density at radius 2 is 1.96 bits per heavy atom. The Balaban J connectivity index is 1.46. The van der Waals surface area contributed by atoms with E-state index in [1.165, 1.54) is 25.7 Å². The Kier molecular flexibility index (Phi) is 9.51. The van der Waals surface area contributed by atoms with E-state index >= 15 is 0 Å². The summed E-state index contributed by atoms with van der Waals surface area (Å²) in [6, 6.07) is 9.56. The number of hydrogen-bond acceptors (Lipinski definition) is 5. The third kappa shape index (κ3) is 7.84. The van der Waals surface area contributed by atoms with Crippen LogP contribution in [0.15, 0.2) is 30.3 Å². The van der Waals surface area contributed by atoms with Crippen LogP contribution in [0.5, 0.6) is 5.75 Å². The fourth-order valence-electron chi connectivity index (χ4n) is 3.03. The van der Waals surface area contributed by atoms with E-state index in [0.29, 0.717) is 19.6 Å². The van der Waals surface area contributed by atoms with Gasteiger partial charge in [0.25, 0.3) is 0 Å². The van der Waals surface area contributed by atoms with E-state index in [-0.39, 0.29) is 5.97 Å². The van der Waals surface area contributed by atoms with Crippen molar-refractivity contribution < 1.29 is 14.3 Å². The molecule has 0 amide bonds. The van der Waals surface area contributed by atoms with Crippen molar-refractivity contribution in [1.29, 1.82) is 0 Å². The van der Waals surface area contributed by atoms with Gasteiger partial charge >= 0.3 is 5.97 Å². The third-order valence-corrected chi connectivity index (χ3v) is 6.03. The van der Waals surface area contributed by atoms with Crippen molar-refractivity contribution in [3.05, 3.63) is 30.3 Å². The van der Waals surface area contributed by atoms with Crippen molar-refractivity contribution >= 4 is 30.4 Å². The molecule has 0 aromatic heterocycles. The molecule has 0 saturated heterocycles. The highest BCUT2D eigenvalue weighted by Crippen LogP contribution is 2.31. The van der Waals surface area contributed by atoms with Crippen LogP contribution in [0, 0.1) is 11.8 Å². The highest BCUT2D eigenvalue weighted by atomic mass is 32.2. The zero-order valence-corrected chi connectivity index (χ0v) is 15.9. The molecule has 0 radical (unpaired) electrons. The molecule has 2 rings (SSSR count). The maximum absolute atomic E-state index is 11.7. The van der Waals surface area contributed by atoms with Gasteiger partial charge in [0.15, 0.2) is 0 Å². The molecule has 0 bridgehead atoms. The Morgan fingerprint density at radius 3 is 2.75 bits per heavy atom. The fourth-order valence-corrected chi connectivity index (χ4v) is 4.47. The van der Waals surface area contributed by atoms with Crippen LogP contribution in [0.3, 0.4) is 0 Å². The number of carbonyl (C=O) groups is 1. The lowest BCUT2D eigenvalue weighted by atomic mass is 9.83. The molecule has 1 fully saturated rings. The molecule has 1 aliphatic carbocycles. The summed E-state index contributed by atoms with van der Waals surface area (Å²) in [4.78, 5) is 11.7. The van der Waals surface area contributed by atoms with Gasteiger partial charge in [-0.3, -0.25) is 4.79 Å². The number of hydrogen-bond donors (Lipinski definition) is 1. The molecule has 5 heteroatoms. The van der Waals surface area contributed by atoms with Crippen LogP contribution in [0.4, 0.5) is 0 Å². The molecule has 0 heterocycles. The first-order valence-electron chi connectivity index (χ1n) is 8.80. The molecular weight excluding hydrogens is 340 g/mol. The van der Waals surface area contributed by atoms with Gasteiger partial charge in [0, 0.05) is 5.75 Å². The number of rotatable bonds is 10. The number of esters is 1. The molecule has 1 aliphatic rings. The van der Waals surface area contributed by atoms with Crippen molar-refractivity contribution in [3.63, 3.8) is 0 Å². The second kappa shape index (κ2) is 11.7. The van der Waals surface area contributed by atoms with Gasteiger partial charge in [-0.05, 0) is 54.7 Å². The quantitative estimate of drug-likeness (QED) is 0.375. The standard InChI is InChI=1S/C19H28O3S2/c20-19(22-11-10-21-18-7-2-1-3-8-18)9-12-24-15-17-6-4-5-16(13-17)14-23/h1-3,7-8,16-17,23H,4-6,9-15H2. The van der Waals surface area contributed by atoms with Crippen LogP contribution in [0.25, 0.3) is 0 Å². The largest absolute Gasteiger partial charge is 0.490 e. The van der Waals surface area contributed by atoms with Gasteiger partial charge in [-0.15, -0.1) is 0 Å². The van der Waals surface area contributed by atoms with Crippen LogP contribution >= 0.6 is 24.4 Å². The first kappa shape index (κ1) is 19.5. The minimum Gasteiger partial charge on any atom is -0.490 e. The molecule has 0 aliphatic heterocycles. The van der Waals surface area contributed by atoms with Crippen molar-refractivity contribution in [2.75, 3.05) is 30.5 Å². The summed E-state index contributed by atoms with van der Waals surface area (Å²) in [6.07, 6.45) is 5.79. The van der Waals surface area contributed by atoms with Crippen LogP contribution in [-0.2, 0) is 9.53 Å². The molecule has 0 N–H and O–H groups in total. The minimum absolute atomic E-state index is 0.129. The summed E-state index contributed by atoms with van der Waals surface area (Å²) in [6.45, 7) is 0.709. The summed E-state index contributed by atoms with van der Waals surface area (Å²) in [5.74, 6) is 5.29. The molecule has 2 atom stereocenters. The number of carbonyl (C=O) groups excluding carboxylic acids is 1. The average Bonchev–Trinajstić information content (AvgIpc) is 2.63. The first-order chi connectivity index (χ1) is 11.8. The monoisotopic (exact) mass is 368 g/mol. The molecule has 1 aromatic carbocycles. The SMILES string of the molecule is O=C(CCSCC1CCCC(CS)C1)OCCOc1ccccc1. The second-order valence-corrected chi connectivity index (χ2v) is 7.80. The van der Waals surface area contributed by atoms with Gasteiger partial charge in [-0.25, -0.2) is 0 Å². The lowest BCUT2D eigenvalue weighted by Crippen LogP contribution is -2.18. The normalized spacial score (nSPS) is 20.5. The Bertz CT molecular complexity index is 467. The molecule has 3 nitrogen and oxygen atoms in total. The van der Waals surface area contributed by atoms with Crippen molar-refractivity contribution in [2.45, 2.75) is 32.1 Å². The predicted molar refractivity (Wildman–Crippen MR) is 104 cm³/mol. The van der Waals surface area contributed by atoms with E-state index in [1.807, 2.05) is 42.1 Å². The van der Waals surface area contributed by atoms with Gasteiger partial charge in [-0.1, -0.05) is 24.6 Å². The predicted octanol–water partition coefficient (Wildman–Crippen LogP) is 4.47. The van der Waals surface area contributed by atoms with E-state index in [0.717, 1.165) is 34.8 Å². The van der Waals surface area contributed by atoms with Gasteiger partial charge < -0.3 is 9.47 Å². The van der Waals surface area contributed by atoms with Crippen LogP contribution in [0.2, 0.25) is 0 Å². The number of thioether (sulfide) groups is 1. The van der Waals surface area contributed by atoms with Crippen LogP contribution in [0.1, 0.15) is 32.1 Å². The number of thiol groups is 1. The number of para-hydroxylation sites is 1. The highest BCUT2D eigenvalue weighted by molar-refractivity contribution is 7.99. The Labute approximate surface area is 155 Å². The van der Waals surface area contributed by atoms with Crippen molar-refractivity contribution in [3.8, 4) is 5.75 Å². The summed E-state index contributed by atoms with van der Waals surface area (Å²) in [5.41, 5.74) is 0. The molecule has 1 saturated carbocycles. The molecule has 0 spiro atoms. The summed E-state index contributed by atoms with van der Waals surface area (Å²) in [5, 5.41) is 0. The Morgan fingerprint density at radius 1 is 1.17 bits per heavy atom. The fraction of sp³-hybridized carbons (Fsp3) is 0.632. The third-order valence-electron chi connectivity index (χ3n) is 4.31. The maximum atomic E-state index is 11.7.